The second-order valence-corrected chi connectivity index (χ2v) is 15.2. The number of fused-ring (bicyclic) bond motifs is 1. The van der Waals surface area contributed by atoms with Crippen LogP contribution >= 0.6 is 0 Å². The number of allylic oxidation sites excluding steroid dienone is 1. The molecule has 1 aliphatic rings. The highest BCUT2D eigenvalue weighted by Gasteiger charge is 2.41. The second kappa shape index (κ2) is 8.78. The highest BCUT2D eigenvalue weighted by Crippen LogP contribution is 2.46. The minimum absolute atomic E-state index is 0.149. The monoisotopic (exact) mass is 432 g/mol. The van der Waals surface area contributed by atoms with Gasteiger partial charge < -0.3 is 14.3 Å². The summed E-state index contributed by atoms with van der Waals surface area (Å²) in [6, 6.07) is 2.20. The molecule has 1 aliphatic heterocycles. The van der Waals surface area contributed by atoms with E-state index in [1.54, 1.807) is 6.08 Å². The van der Waals surface area contributed by atoms with Crippen LogP contribution in [0.5, 0.6) is 11.5 Å². The van der Waals surface area contributed by atoms with Crippen LogP contribution in [0.4, 0.5) is 0 Å². The fraction of sp³-hybridized carbons (Fsp3) is 0.640. The number of carboxylic acids is 1. The van der Waals surface area contributed by atoms with Gasteiger partial charge in [0.25, 0.3) is 0 Å². The van der Waals surface area contributed by atoms with Crippen LogP contribution < -0.4 is 9.16 Å². The fourth-order valence-corrected chi connectivity index (χ4v) is 4.99. The molecule has 1 N–H and O–H groups in total. The molecule has 1 aromatic carbocycles. The van der Waals surface area contributed by atoms with Gasteiger partial charge in [0.1, 0.15) is 17.1 Å². The second-order valence-electron chi connectivity index (χ2n) is 10.5. The molecule has 168 valence electrons. The first-order valence-corrected chi connectivity index (χ1v) is 14.0. The van der Waals surface area contributed by atoms with Gasteiger partial charge in [-0.25, -0.2) is 4.79 Å². The molecular formula is C25H40O4Si. The maximum absolute atomic E-state index is 10.8. The first kappa shape index (κ1) is 24.5. The first-order valence-electron chi connectivity index (χ1n) is 11.1. The van der Waals surface area contributed by atoms with Crippen LogP contribution in [-0.2, 0) is 11.2 Å². The summed E-state index contributed by atoms with van der Waals surface area (Å²) in [4.78, 5) is 10.8. The summed E-state index contributed by atoms with van der Waals surface area (Å²) in [6.45, 7) is 19.9. The lowest BCUT2D eigenvalue weighted by molar-refractivity contribution is -0.131. The number of aliphatic carboxylic acids is 1. The van der Waals surface area contributed by atoms with Crippen LogP contribution in [0.2, 0.25) is 18.1 Å². The van der Waals surface area contributed by atoms with E-state index in [0.29, 0.717) is 6.42 Å². The Morgan fingerprint density at radius 3 is 2.50 bits per heavy atom. The van der Waals surface area contributed by atoms with Gasteiger partial charge in [0.05, 0.1) is 0 Å². The lowest BCUT2D eigenvalue weighted by Crippen LogP contribution is -2.45. The zero-order valence-electron chi connectivity index (χ0n) is 20.3. The number of hydrogen-bond acceptors (Lipinski definition) is 3. The molecule has 0 radical (unpaired) electrons. The minimum atomic E-state index is -1.92. The quantitative estimate of drug-likeness (QED) is 0.379. The van der Waals surface area contributed by atoms with Crippen molar-refractivity contribution < 1.29 is 19.1 Å². The standard InChI is InChI=1S/C25H40O4Si/c1-10-20(12-11-13-22(26)27)25(7)15-14-19-16-21(17(2)18(3)23(19)28-25)29-30(8,9)24(4,5)6/h11,13,16,20H,10,12,14-15H2,1-9H3,(H,26,27). The average molecular weight is 433 g/mol. The van der Waals surface area contributed by atoms with Crippen molar-refractivity contribution >= 4 is 14.3 Å². The van der Waals surface area contributed by atoms with Crippen molar-refractivity contribution in [2.24, 2.45) is 5.92 Å². The van der Waals surface area contributed by atoms with Gasteiger partial charge in [-0.3, -0.25) is 0 Å². The van der Waals surface area contributed by atoms with Crippen molar-refractivity contribution in [3.63, 3.8) is 0 Å². The molecule has 0 aromatic heterocycles. The fourth-order valence-electron chi connectivity index (χ4n) is 3.93. The first-order chi connectivity index (χ1) is 13.7. The number of aryl methyl sites for hydroxylation is 1. The van der Waals surface area contributed by atoms with Crippen LogP contribution in [0, 0.1) is 19.8 Å². The number of carboxylic acid groups (broad SMARTS) is 1. The van der Waals surface area contributed by atoms with Gasteiger partial charge in [0.15, 0.2) is 0 Å². The smallest absolute Gasteiger partial charge is 0.327 e. The number of rotatable bonds is 7. The molecule has 0 spiro atoms. The minimum Gasteiger partial charge on any atom is -0.543 e. The SMILES string of the molecule is CCC(CC=CC(=O)O)C1(C)CCc2cc(O[Si](C)(C)C(C)(C)C)c(C)c(C)c2O1. The summed E-state index contributed by atoms with van der Waals surface area (Å²) in [6.07, 6.45) is 6.51. The summed E-state index contributed by atoms with van der Waals surface area (Å²) in [5.41, 5.74) is 3.23. The molecule has 2 rings (SSSR count). The Morgan fingerprint density at radius 2 is 1.97 bits per heavy atom. The largest absolute Gasteiger partial charge is 0.543 e. The number of carbonyl (C=O) groups is 1. The lowest BCUT2D eigenvalue weighted by atomic mass is 9.78. The topological polar surface area (TPSA) is 55.8 Å². The predicted octanol–water partition coefficient (Wildman–Crippen LogP) is 6.83. The highest BCUT2D eigenvalue weighted by molar-refractivity contribution is 6.74. The van der Waals surface area contributed by atoms with Crippen molar-refractivity contribution in [2.75, 3.05) is 0 Å². The molecule has 0 fully saturated rings. The number of benzene rings is 1. The third kappa shape index (κ3) is 5.10. The molecule has 0 amide bonds. The van der Waals surface area contributed by atoms with E-state index in [1.807, 2.05) is 0 Å². The average Bonchev–Trinajstić information content (AvgIpc) is 2.62. The van der Waals surface area contributed by atoms with Crippen LogP contribution in [-0.4, -0.2) is 25.0 Å². The van der Waals surface area contributed by atoms with E-state index in [0.717, 1.165) is 41.9 Å². The summed E-state index contributed by atoms with van der Waals surface area (Å²) in [7, 11) is -1.92. The van der Waals surface area contributed by atoms with Gasteiger partial charge >= 0.3 is 5.97 Å². The van der Waals surface area contributed by atoms with E-state index < -0.39 is 14.3 Å². The molecule has 30 heavy (non-hydrogen) atoms. The van der Waals surface area contributed by atoms with Crippen LogP contribution in [0.3, 0.4) is 0 Å². The lowest BCUT2D eigenvalue weighted by Gasteiger charge is -2.43. The molecule has 4 nitrogen and oxygen atoms in total. The summed E-state index contributed by atoms with van der Waals surface area (Å²) in [5, 5.41) is 9.05. The van der Waals surface area contributed by atoms with Gasteiger partial charge in [-0.2, -0.15) is 0 Å². The normalized spacial score (nSPS) is 20.6. The maximum Gasteiger partial charge on any atom is 0.327 e. The molecule has 0 bridgehead atoms. The number of hydrogen-bond donors (Lipinski definition) is 1. The third-order valence-corrected chi connectivity index (χ3v) is 11.6. The van der Waals surface area contributed by atoms with E-state index in [9.17, 15) is 4.79 Å². The van der Waals surface area contributed by atoms with Crippen molar-refractivity contribution in [3.05, 3.63) is 34.9 Å². The maximum atomic E-state index is 10.8. The van der Waals surface area contributed by atoms with E-state index in [1.165, 1.54) is 11.6 Å². The molecule has 1 aromatic rings. The van der Waals surface area contributed by atoms with Crippen molar-refractivity contribution in [2.45, 2.75) is 97.9 Å². The Bertz CT molecular complexity index is 819. The van der Waals surface area contributed by atoms with Gasteiger partial charge in [-0.05, 0) is 87.3 Å². The van der Waals surface area contributed by atoms with E-state index in [4.69, 9.17) is 14.3 Å². The molecule has 2 atom stereocenters. The molecular weight excluding hydrogens is 392 g/mol. The van der Waals surface area contributed by atoms with Crippen LogP contribution in [0.25, 0.3) is 0 Å². The van der Waals surface area contributed by atoms with Gasteiger partial charge in [0.2, 0.25) is 8.32 Å². The molecule has 2 unspecified atom stereocenters. The molecule has 0 saturated carbocycles. The summed E-state index contributed by atoms with van der Waals surface area (Å²) < 4.78 is 13.3. The Kier molecular flexibility index (Phi) is 7.17. The molecule has 1 heterocycles. The van der Waals surface area contributed by atoms with Crippen LogP contribution in [0.15, 0.2) is 18.2 Å². The number of ether oxygens (including phenoxy) is 1. The summed E-state index contributed by atoms with van der Waals surface area (Å²) in [5.74, 6) is 1.36. The zero-order chi connectivity index (χ0) is 22.9. The van der Waals surface area contributed by atoms with Gasteiger partial charge in [0, 0.05) is 12.0 Å². The zero-order valence-corrected chi connectivity index (χ0v) is 21.3. The van der Waals surface area contributed by atoms with Crippen molar-refractivity contribution in [3.8, 4) is 11.5 Å². The highest BCUT2D eigenvalue weighted by atomic mass is 28.4. The van der Waals surface area contributed by atoms with E-state index >= 15 is 0 Å². The Labute approximate surface area is 183 Å². The molecule has 0 aliphatic carbocycles. The van der Waals surface area contributed by atoms with Crippen molar-refractivity contribution in [1.82, 2.24) is 0 Å². The molecule has 0 saturated heterocycles. The van der Waals surface area contributed by atoms with E-state index in [-0.39, 0.29) is 16.6 Å². The predicted molar refractivity (Wildman–Crippen MR) is 126 cm³/mol. The van der Waals surface area contributed by atoms with Crippen LogP contribution in [0.1, 0.15) is 70.6 Å². The Hall–Kier alpha value is -1.75. The molecule has 5 heteroatoms. The third-order valence-electron chi connectivity index (χ3n) is 7.30. The van der Waals surface area contributed by atoms with E-state index in [2.05, 4.69) is 67.6 Å². The van der Waals surface area contributed by atoms with Gasteiger partial charge in [-0.15, -0.1) is 0 Å². The Morgan fingerprint density at radius 1 is 1.33 bits per heavy atom. The van der Waals surface area contributed by atoms with Gasteiger partial charge in [-0.1, -0.05) is 33.8 Å². The van der Waals surface area contributed by atoms with Crippen molar-refractivity contribution in [1.29, 1.82) is 0 Å². The Balaban J connectivity index is 2.34. The summed E-state index contributed by atoms with van der Waals surface area (Å²) >= 11 is 0.